The van der Waals surface area contributed by atoms with E-state index in [-0.39, 0.29) is 0 Å². The summed E-state index contributed by atoms with van der Waals surface area (Å²) in [6, 6.07) is 0. The van der Waals surface area contributed by atoms with Gasteiger partial charge in [-0.15, -0.1) is 6.58 Å². The first kappa shape index (κ1) is 18.0. The zero-order chi connectivity index (χ0) is 12.5. The second-order valence-electron chi connectivity index (χ2n) is 2.73. The molecule has 0 saturated heterocycles. The fraction of sp³-hybridized carbons (Fsp3) is 0.583. The van der Waals surface area contributed by atoms with Gasteiger partial charge in [-0.25, -0.2) is 4.98 Å². The lowest BCUT2D eigenvalue weighted by Gasteiger charge is -1.93. The van der Waals surface area contributed by atoms with E-state index in [2.05, 4.69) is 29.8 Å². The molecule has 1 rings (SSSR count). The lowest BCUT2D eigenvalue weighted by Crippen LogP contribution is -1.70. The van der Waals surface area contributed by atoms with Gasteiger partial charge in [0.2, 0.25) is 0 Å². The maximum atomic E-state index is 4.47. The van der Waals surface area contributed by atoms with E-state index in [9.17, 15) is 0 Å². The van der Waals surface area contributed by atoms with Crippen LogP contribution < -0.4 is 0 Å². The van der Waals surface area contributed by atoms with E-state index in [1.807, 2.05) is 28.5 Å². The smallest absolute Gasteiger partial charge is 0.180 e. The minimum absolute atomic E-state index is 1.31. The first-order valence-corrected chi connectivity index (χ1v) is 7.95. The molecule has 0 spiro atoms. The van der Waals surface area contributed by atoms with Crippen LogP contribution in [0.5, 0.6) is 0 Å². The monoisotopic (exact) mass is 261 g/mol. The molecule has 1 aromatic rings. The molecule has 0 N–H and O–H groups in total. The van der Waals surface area contributed by atoms with E-state index in [0.717, 1.165) is 0 Å². The van der Waals surface area contributed by atoms with E-state index >= 15 is 0 Å². The van der Waals surface area contributed by atoms with Gasteiger partial charge >= 0.3 is 0 Å². The van der Waals surface area contributed by atoms with Crippen molar-refractivity contribution in [1.29, 1.82) is 0 Å². The molecule has 0 saturated carbocycles. The molecule has 0 bridgehead atoms. The van der Waals surface area contributed by atoms with Gasteiger partial charge in [-0.05, 0) is 19.8 Å². The third kappa shape index (κ3) is 23.5. The number of aromatic nitrogens is 1. The Kier molecular flexibility index (Phi) is 22.7. The van der Waals surface area contributed by atoms with Gasteiger partial charge in [0.15, 0.2) is 6.39 Å². The molecule has 4 heteroatoms. The quantitative estimate of drug-likeness (QED) is 0.420. The Morgan fingerprint density at radius 3 is 1.94 bits per heavy atom. The van der Waals surface area contributed by atoms with Crippen molar-refractivity contribution in [2.75, 3.05) is 11.5 Å². The second kappa shape index (κ2) is 20.1. The Morgan fingerprint density at radius 2 is 1.75 bits per heavy atom. The van der Waals surface area contributed by atoms with Crippen molar-refractivity contribution in [3.8, 4) is 0 Å². The third-order valence-electron chi connectivity index (χ3n) is 1.01. The predicted octanol–water partition coefficient (Wildman–Crippen LogP) is 5.05. The van der Waals surface area contributed by atoms with E-state index in [4.69, 9.17) is 0 Å². The minimum atomic E-state index is 1.31. The number of rotatable bonds is 5. The molecule has 1 aromatic heterocycles. The van der Waals surface area contributed by atoms with Gasteiger partial charge in [0.05, 0.1) is 6.20 Å². The highest BCUT2D eigenvalue weighted by Crippen LogP contribution is 2.21. The Labute approximate surface area is 108 Å². The Hall–Kier alpha value is -0.350. The van der Waals surface area contributed by atoms with Gasteiger partial charge in [-0.3, -0.25) is 0 Å². The highest BCUT2D eigenvalue weighted by atomic mass is 33.1. The number of hydrogen-bond donors (Lipinski definition) is 0. The first-order valence-electron chi connectivity index (χ1n) is 5.46. The Bertz CT molecular complexity index is 168. The fourth-order valence-electron chi connectivity index (χ4n) is 0.460. The molecule has 1 heterocycles. The van der Waals surface area contributed by atoms with Gasteiger partial charge in [-0.1, -0.05) is 41.5 Å². The molecule has 0 amide bonds. The fourth-order valence-corrected chi connectivity index (χ4v) is 2.74. The van der Waals surface area contributed by atoms with Gasteiger partial charge in [-0.2, -0.15) is 0 Å². The highest BCUT2D eigenvalue weighted by molar-refractivity contribution is 8.76. The number of nitrogens with zero attached hydrogens (tertiary/aromatic N) is 1. The maximum Gasteiger partial charge on any atom is 0.180 e. The highest BCUT2D eigenvalue weighted by Gasteiger charge is 1.83. The molecule has 16 heavy (non-hydrogen) atoms. The number of allylic oxidation sites excluding steroid dienone is 1. The van der Waals surface area contributed by atoms with E-state index < -0.39 is 0 Å². The average molecular weight is 261 g/mol. The summed E-state index contributed by atoms with van der Waals surface area (Å²) < 4.78 is 4.47. The molecule has 94 valence electrons. The molecule has 0 aromatic carbocycles. The van der Waals surface area contributed by atoms with Crippen LogP contribution in [-0.4, -0.2) is 16.5 Å². The van der Waals surface area contributed by atoms with Crippen LogP contribution in [0.25, 0.3) is 0 Å². The molecule has 0 fully saturated rings. The van der Waals surface area contributed by atoms with Gasteiger partial charge in [0.1, 0.15) is 6.26 Å². The largest absolute Gasteiger partial charge is 0.452 e. The van der Waals surface area contributed by atoms with Gasteiger partial charge < -0.3 is 4.42 Å². The van der Waals surface area contributed by atoms with E-state index in [0.29, 0.717) is 0 Å². The second-order valence-corrected chi connectivity index (χ2v) is 5.43. The lowest BCUT2D eigenvalue weighted by molar-refractivity contribution is 0.558. The standard InChI is InChI=1S/C6H14S2.C3H3NO.C3H6/c1-3-5-7-8-6-4-2;1-2-5-3-4-1;1-3-2/h3-6H2,1-2H3;1-3H;3H,1H2,2H3. The van der Waals surface area contributed by atoms with Crippen LogP contribution in [0, 0.1) is 0 Å². The molecule has 0 unspecified atom stereocenters. The summed E-state index contributed by atoms with van der Waals surface area (Å²) >= 11 is 0. The minimum Gasteiger partial charge on any atom is -0.452 e. The molecule has 0 atom stereocenters. The molecule has 0 aliphatic carbocycles. The summed E-state index contributed by atoms with van der Waals surface area (Å²) in [5.74, 6) is 2.62. The summed E-state index contributed by atoms with van der Waals surface area (Å²) in [6.07, 6.45) is 8.84. The summed E-state index contributed by atoms with van der Waals surface area (Å²) in [5, 5.41) is 0. The van der Waals surface area contributed by atoms with Crippen molar-refractivity contribution in [3.05, 3.63) is 31.5 Å². The van der Waals surface area contributed by atoms with Crippen molar-refractivity contribution in [2.24, 2.45) is 0 Å². The van der Waals surface area contributed by atoms with Crippen LogP contribution in [0.3, 0.4) is 0 Å². The molecule has 0 aliphatic heterocycles. The Morgan fingerprint density at radius 1 is 1.25 bits per heavy atom. The SMILES string of the molecule is C=CC.CCCSSCCC.c1cocn1. The van der Waals surface area contributed by atoms with Crippen LogP contribution in [-0.2, 0) is 0 Å². The predicted molar refractivity (Wildman–Crippen MR) is 77.9 cm³/mol. The summed E-state index contributed by atoms with van der Waals surface area (Å²) in [4.78, 5) is 3.56. The van der Waals surface area contributed by atoms with E-state index in [1.165, 1.54) is 37.0 Å². The normalized spacial score (nSPS) is 8.19. The first-order chi connectivity index (χ1) is 7.83. The lowest BCUT2D eigenvalue weighted by atomic mass is 10.6. The van der Waals surface area contributed by atoms with E-state index in [1.54, 1.807) is 12.3 Å². The van der Waals surface area contributed by atoms with Crippen LogP contribution in [0.1, 0.15) is 33.6 Å². The zero-order valence-corrected chi connectivity index (χ0v) is 12.1. The van der Waals surface area contributed by atoms with Crippen molar-refractivity contribution in [3.63, 3.8) is 0 Å². The molecular weight excluding hydrogens is 238 g/mol. The van der Waals surface area contributed by atoms with Gasteiger partial charge in [0.25, 0.3) is 0 Å². The van der Waals surface area contributed by atoms with Crippen LogP contribution in [0.4, 0.5) is 0 Å². The summed E-state index contributed by atoms with van der Waals surface area (Å²) in [6.45, 7) is 9.69. The van der Waals surface area contributed by atoms with Crippen molar-refractivity contribution in [2.45, 2.75) is 33.6 Å². The Balaban J connectivity index is 0. The topological polar surface area (TPSA) is 26.0 Å². The zero-order valence-electron chi connectivity index (χ0n) is 10.5. The number of hydrogen-bond acceptors (Lipinski definition) is 4. The van der Waals surface area contributed by atoms with Gasteiger partial charge in [0, 0.05) is 11.5 Å². The molecule has 0 aliphatic rings. The summed E-state index contributed by atoms with van der Waals surface area (Å²) in [5.41, 5.74) is 0. The van der Waals surface area contributed by atoms with Crippen molar-refractivity contribution in [1.82, 2.24) is 4.98 Å². The maximum absolute atomic E-state index is 4.47. The number of oxazole rings is 1. The average Bonchev–Trinajstić information content (AvgIpc) is 2.84. The van der Waals surface area contributed by atoms with Crippen LogP contribution in [0.15, 0.2) is 35.9 Å². The van der Waals surface area contributed by atoms with Crippen LogP contribution >= 0.6 is 21.6 Å². The van der Waals surface area contributed by atoms with Crippen molar-refractivity contribution < 1.29 is 4.42 Å². The third-order valence-corrected chi connectivity index (χ3v) is 3.82. The van der Waals surface area contributed by atoms with Crippen molar-refractivity contribution >= 4 is 21.6 Å². The molecule has 2 nitrogen and oxygen atoms in total. The summed E-state index contributed by atoms with van der Waals surface area (Å²) in [7, 11) is 3.99. The van der Waals surface area contributed by atoms with Crippen LogP contribution in [0.2, 0.25) is 0 Å². The molecular formula is C12H23NOS2. The molecule has 0 radical (unpaired) electrons.